The monoisotopic (exact) mass is 192 g/mol. The standard InChI is InChI=1S/C13H17F/c1-9-6-12(7-10(9)2)11-4-3-5-13(14)8-11/h3-5,8-10,12H,6-7H2,1-2H3/t9-,10+,12+. The molecule has 1 heteroatoms. The fourth-order valence-corrected chi connectivity index (χ4v) is 2.49. The van der Waals surface area contributed by atoms with Crippen LogP contribution < -0.4 is 0 Å². The molecule has 14 heavy (non-hydrogen) atoms. The van der Waals surface area contributed by atoms with Gasteiger partial charge < -0.3 is 0 Å². The zero-order valence-corrected chi connectivity index (χ0v) is 8.83. The third-order valence-corrected chi connectivity index (χ3v) is 3.60. The summed E-state index contributed by atoms with van der Waals surface area (Å²) in [6.45, 7) is 4.59. The molecule has 0 nitrogen and oxygen atoms in total. The van der Waals surface area contributed by atoms with Gasteiger partial charge in [0.05, 0.1) is 0 Å². The van der Waals surface area contributed by atoms with E-state index in [0.29, 0.717) is 5.92 Å². The van der Waals surface area contributed by atoms with E-state index in [2.05, 4.69) is 19.9 Å². The van der Waals surface area contributed by atoms with Crippen LogP contribution in [0.1, 0.15) is 38.2 Å². The molecule has 0 saturated heterocycles. The van der Waals surface area contributed by atoms with Crippen LogP contribution in [0.3, 0.4) is 0 Å². The molecule has 1 aromatic carbocycles. The summed E-state index contributed by atoms with van der Waals surface area (Å²) in [5.41, 5.74) is 1.18. The molecule has 1 saturated carbocycles. The Bertz CT molecular complexity index is 309. The number of halogens is 1. The first-order chi connectivity index (χ1) is 6.66. The highest BCUT2D eigenvalue weighted by molar-refractivity contribution is 5.22. The molecule has 0 bridgehead atoms. The van der Waals surface area contributed by atoms with E-state index < -0.39 is 0 Å². The molecule has 1 fully saturated rings. The van der Waals surface area contributed by atoms with E-state index in [0.717, 1.165) is 11.8 Å². The van der Waals surface area contributed by atoms with Gasteiger partial charge in [0.25, 0.3) is 0 Å². The molecule has 76 valence electrons. The molecule has 0 spiro atoms. The zero-order chi connectivity index (χ0) is 10.1. The van der Waals surface area contributed by atoms with Crippen molar-refractivity contribution < 1.29 is 4.39 Å². The Balaban J connectivity index is 2.17. The maximum Gasteiger partial charge on any atom is 0.123 e. The molecule has 0 amide bonds. The van der Waals surface area contributed by atoms with Crippen LogP contribution in [0.15, 0.2) is 24.3 Å². The molecule has 0 aliphatic heterocycles. The fourth-order valence-electron chi connectivity index (χ4n) is 2.49. The van der Waals surface area contributed by atoms with Gasteiger partial charge in [-0.25, -0.2) is 4.39 Å². The van der Waals surface area contributed by atoms with Crippen molar-refractivity contribution >= 4 is 0 Å². The molecule has 3 atom stereocenters. The maximum atomic E-state index is 13.0. The summed E-state index contributed by atoms with van der Waals surface area (Å²) in [4.78, 5) is 0. The molecular weight excluding hydrogens is 175 g/mol. The van der Waals surface area contributed by atoms with Crippen LogP contribution in [0.2, 0.25) is 0 Å². The molecule has 0 heterocycles. The molecule has 1 aliphatic carbocycles. The molecule has 1 aromatic rings. The number of rotatable bonds is 1. The van der Waals surface area contributed by atoms with E-state index in [9.17, 15) is 4.39 Å². The quantitative estimate of drug-likeness (QED) is 0.631. The minimum absolute atomic E-state index is 0.102. The Morgan fingerprint density at radius 1 is 1.14 bits per heavy atom. The van der Waals surface area contributed by atoms with Crippen molar-refractivity contribution in [2.24, 2.45) is 11.8 Å². The zero-order valence-electron chi connectivity index (χ0n) is 8.83. The van der Waals surface area contributed by atoms with E-state index in [1.54, 1.807) is 6.07 Å². The second-order valence-corrected chi connectivity index (χ2v) is 4.68. The lowest BCUT2D eigenvalue weighted by atomic mass is 9.96. The van der Waals surface area contributed by atoms with E-state index in [1.165, 1.54) is 24.5 Å². The lowest BCUT2D eigenvalue weighted by Crippen LogP contribution is -1.95. The van der Waals surface area contributed by atoms with Crippen molar-refractivity contribution in [1.82, 2.24) is 0 Å². The second-order valence-electron chi connectivity index (χ2n) is 4.68. The van der Waals surface area contributed by atoms with Crippen LogP contribution in [0, 0.1) is 17.7 Å². The average molecular weight is 192 g/mol. The number of hydrogen-bond acceptors (Lipinski definition) is 0. The van der Waals surface area contributed by atoms with Crippen molar-refractivity contribution in [2.45, 2.75) is 32.6 Å². The van der Waals surface area contributed by atoms with Gasteiger partial charge in [0, 0.05) is 0 Å². The fraction of sp³-hybridized carbons (Fsp3) is 0.538. The lowest BCUT2D eigenvalue weighted by Gasteiger charge is -2.09. The van der Waals surface area contributed by atoms with Crippen LogP contribution in [0.5, 0.6) is 0 Å². The molecule has 0 radical (unpaired) electrons. The van der Waals surface area contributed by atoms with Gasteiger partial charge in [-0.05, 0) is 48.3 Å². The second kappa shape index (κ2) is 3.72. The van der Waals surface area contributed by atoms with Gasteiger partial charge in [-0.2, -0.15) is 0 Å². The third-order valence-electron chi connectivity index (χ3n) is 3.60. The Morgan fingerprint density at radius 3 is 2.36 bits per heavy atom. The smallest absolute Gasteiger partial charge is 0.123 e. The van der Waals surface area contributed by atoms with Crippen molar-refractivity contribution in [2.75, 3.05) is 0 Å². The van der Waals surface area contributed by atoms with Crippen LogP contribution in [0.4, 0.5) is 4.39 Å². The summed E-state index contributed by atoms with van der Waals surface area (Å²) in [5.74, 6) is 2.04. The lowest BCUT2D eigenvalue weighted by molar-refractivity contribution is 0.457. The van der Waals surface area contributed by atoms with Crippen LogP contribution >= 0.6 is 0 Å². The summed E-state index contributed by atoms with van der Waals surface area (Å²) in [7, 11) is 0. The van der Waals surface area contributed by atoms with Gasteiger partial charge in [0.2, 0.25) is 0 Å². The molecule has 0 aromatic heterocycles. The Kier molecular flexibility index (Phi) is 2.58. The van der Waals surface area contributed by atoms with Gasteiger partial charge in [0.1, 0.15) is 5.82 Å². The van der Waals surface area contributed by atoms with E-state index in [-0.39, 0.29) is 5.82 Å². The summed E-state index contributed by atoms with van der Waals surface area (Å²) in [6, 6.07) is 7.08. The Morgan fingerprint density at radius 2 is 1.79 bits per heavy atom. The first-order valence-corrected chi connectivity index (χ1v) is 5.42. The minimum atomic E-state index is -0.102. The van der Waals surface area contributed by atoms with E-state index in [1.807, 2.05) is 6.07 Å². The van der Waals surface area contributed by atoms with Crippen molar-refractivity contribution in [1.29, 1.82) is 0 Å². The summed E-state index contributed by atoms with van der Waals surface area (Å²) >= 11 is 0. The van der Waals surface area contributed by atoms with Gasteiger partial charge in [-0.15, -0.1) is 0 Å². The maximum absolute atomic E-state index is 13.0. The Labute approximate surface area is 85.1 Å². The van der Waals surface area contributed by atoms with Crippen molar-refractivity contribution in [3.8, 4) is 0 Å². The highest BCUT2D eigenvalue weighted by Crippen LogP contribution is 2.41. The SMILES string of the molecule is C[C@@H]1C[C@H](c2cccc(F)c2)C[C@@H]1C. The number of hydrogen-bond donors (Lipinski definition) is 0. The van der Waals surface area contributed by atoms with Gasteiger partial charge in [-0.1, -0.05) is 26.0 Å². The first-order valence-electron chi connectivity index (χ1n) is 5.42. The Hall–Kier alpha value is -0.850. The van der Waals surface area contributed by atoms with Crippen LogP contribution in [-0.2, 0) is 0 Å². The van der Waals surface area contributed by atoms with Crippen molar-refractivity contribution in [3.63, 3.8) is 0 Å². The predicted molar refractivity (Wildman–Crippen MR) is 56.7 cm³/mol. The molecule has 0 unspecified atom stereocenters. The summed E-state index contributed by atoms with van der Waals surface area (Å²) in [5, 5.41) is 0. The highest BCUT2D eigenvalue weighted by atomic mass is 19.1. The van der Waals surface area contributed by atoms with Crippen molar-refractivity contribution in [3.05, 3.63) is 35.6 Å². The number of benzene rings is 1. The highest BCUT2D eigenvalue weighted by Gasteiger charge is 2.28. The normalized spacial score (nSPS) is 32.1. The molecule has 0 N–H and O–H groups in total. The van der Waals surface area contributed by atoms with Crippen LogP contribution in [-0.4, -0.2) is 0 Å². The predicted octanol–water partition coefficient (Wildman–Crippen LogP) is 3.98. The van der Waals surface area contributed by atoms with Gasteiger partial charge in [-0.3, -0.25) is 0 Å². The van der Waals surface area contributed by atoms with Gasteiger partial charge >= 0.3 is 0 Å². The largest absolute Gasteiger partial charge is 0.207 e. The van der Waals surface area contributed by atoms with Gasteiger partial charge in [0.15, 0.2) is 0 Å². The topological polar surface area (TPSA) is 0 Å². The molecular formula is C13H17F. The first kappa shape index (κ1) is 9.70. The molecule has 1 aliphatic rings. The minimum Gasteiger partial charge on any atom is -0.207 e. The molecule has 2 rings (SSSR count). The third kappa shape index (κ3) is 1.82. The summed E-state index contributed by atoms with van der Waals surface area (Å²) in [6.07, 6.45) is 2.43. The van der Waals surface area contributed by atoms with E-state index >= 15 is 0 Å². The average Bonchev–Trinajstić information content (AvgIpc) is 2.47. The van der Waals surface area contributed by atoms with E-state index in [4.69, 9.17) is 0 Å². The summed E-state index contributed by atoms with van der Waals surface area (Å²) < 4.78 is 13.0. The van der Waals surface area contributed by atoms with Crippen LogP contribution in [0.25, 0.3) is 0 Å².